The van der Waals surface area contributed by atoms with E-state index in [9.17, 15) is 0 Å². The number of nitriles is 2. The zero-order valence-electron chi connectivity index (χ0n) is 7.90. The lowest BCUT2D eigenvalue weighted by Crippen LogP contribution is -1.85. The van der Waals surface area contributed by atoms with Gasteiger partial charge in [-0.15, -0.1) is 0 Å². The molecule has 0 bridgehead atoms. The average Bonchev–Trinajstić information content (AvgIpc) is 2.68. The Labute approximate surface area is 90.4 Å². The van der Waals surface area contributed by atoms with E-state index in [2.05, 4.69) is 10.3 Å². The van der Waals surface area contributed by atoms with Gasteiger partial charge in [0, 0.05) is 7.05 Å². The summed E-state index contributed by atoms with van der Waals surface area (Å²) < 4.78 is 0.912. The van der Waals surface area contributed by atoms with Crippen LogP contribution in [-0.2, 0) is 0 Å². The van der Waals surface area contributed by atoms with Crippen LogP contribution in [0.1, 0.15) is 11.1 Å². The molecule has 1 aromatic heterocycles. The lowest BCUT2D eigenvalue weighted by Gasteiger charge is -1.92. The number of hydrogen-bond donors (Lipinski definition) is 1. The second kappa shape index (κ2) is 3.56. The lowest BCUT2D eigenvalue weighted by molar-refractivity contribution is 1.40. The van der Waals surface area contributed by atoms with Crippen molar-refractivity contribution in [1.29, 1.82) is 10.5 Å². The van der Waals surface area contributed by atoms with Crippen LogP contribution in [0.25, 0.3) is 10.2 Å². The Hall–Kier alpha value is -2.11. The van der Waals surface area contributed by atoms with Crippen LogP contribution in [0.5, 0.6) is 0 Å². The Morgan fingerprint density at radius 1 is 1.27 bits per heavy atom. The second-order valence-electron chi connectivity index (χ2n) is 2.86. The van der Waals surface area contributed by atoms with Crippen LogP contribution in [0.2, 0.25) is 0 Å². The summed E-state index contributed by atoms with van der Waals surface area (Å²) in [5, 5.41) is 21.4. The molecule has 0 fully saturated rings. The van der Waals surface area contributed by atoms with Crippen molar-refractivity contribution in [3.63, 3.8) is 0 Å². The Balaban J connectivity index is 2.75. The molecule has 0 saturated carbocycles. The minimum atomic E-state index is 0.373. The molecule has 72 valence electrons. The smallest absolute Gasteiger partial charge is 0.183 e. The summed E-state index contributed by atoms with van der Waals surface area (Å²) in [7, 11) is 1.79. The number of fused-ring (bicyclic) bond motifs is 1. The number of anilines is 1. The van der Waals surface area contributed by atoms with Gasteiger partial charge in [0.1, 0.15) is 12.1 Å². The third-order valence-electron chi connectivity index (χ3n) is 1.98. The Morgan fingerprint density at radius 2 is 1.93 bits per heavy atom. The minimum Gasteiger partial charge on any atom is -0.365 e. The summed E-state index contributed by atoms with van der Waals surface area (Å²) in [5.74, 6) is 0. The number of benzene rings is 1. The number of nitrogens with zero attached hydrogens (tertiary/aromatic N) is 3. The molecule has 1 aromatic carbocycles. The topological polar surface area (TPSA) is 72.5 Å². The van der Waals surface area contributed by atoms with Crippen LogP contribution < -0.4 is 5.32 Å². The Morgan fingerprint density at radius 3 is 2.53 bits per heavy atom. The highest BCUT2D eigenvalue weighted by molar-refractivity contribution is 7.22. The molecule has 1 heterocycles. The van der Waals surface area contributed by atoms with E-state index in [0.717, 1.165) is 15.3 Å². The van der Waals surface area contributed by atoms with E-state index >= 15 is 0 Å². The molecular weight excluding hydrogens is 208 g/mol. The SMILES string of the molecule is CNc1nc2cc(C#N)c(C#N)cc2s1. The third kappa shape index (κ3) is 1.50. The van der Waals surface area contributed by atoms with Crippen LogP contribution in [0.3, 0.4) is 0 Å². The summed E-state index contributed by atoms with van der Waals surface area (Å²) in [6.45, 7) is 0. The normalized spacial score (nSPS) is 9.53. The van der Waals surface area contributed by atoms with Gasteiger partial charge in [-0.1, -0.05) is 11.3 Å². The minimum absolute atomic E-state index is 0.373. The maximum atomic E-state index is 8.84. The van der Waals surface area contributed by atoms with Gasteiger partial charge in [-0.2, -0.15) is 10.5 Å². The summed E-state index contributed by atoms with van der Waals surface area (Å²) >= 11 is 1.46. The first-order chi connectivity index (χ1) is 7.28. The van der Waals surface area contributed by atoms with Gasteiger partial charge in [-0.3, -0.25) is 0 Å². The summed E-state index contributed by atoms with van der Waals surface area (Å²) in [5.41, 5.74) is 1.52. The molecule has 2 rings (SSSR count). The van der Waals surface area contributed by atoms with Gasteiger partial charge in [-0.25, -0.2) is 4.98 Å². The number of hydrogen-bond acceptors (Lipinski definition) is 5. The zero-order valence-corrected chi connectivity index (χ0v) is 8.72. The van der Waals surface area contributed by atoms with Crippen molar-refractivity contribution in [1.82, 2.24) is 4.98 Å². The molecule has 0 aliphatic rings. The van der Waals surface area contributed by atoms with Crippen molar-refractivity contribution in [3.8, 4) is 12.1 Å². The highest BCUT2D eigenvalue weighted by Gasteiger charge is 2.08. The zero-order chi connectivity index (χ0) is 10.8. The van der Waals surface area contributed by atoms with Crippen molar-refractivity contribution in [3.05, 3.63) is 23.3 Å². The number of thiazole rings is 1. The summed E-state index contributed by atoms with van der Waals surface area (Å²) in [6, 6.07) is 7.33. The summed E-state index contributed by atoms with van der Waals surface area (Å²) in [4.78, 5) is 4.26. The first-order valence-corrected chi connectivity index (χ1v) is 5.02. The van der Waals surface area contributed by atoms with Gasteiger partial charge in [0.15, 0.2) is 5.13 Å². The van der Waals surface area contributed by atoms with E-state index in [-0.39, 0.29) is 0 Å². The van der Waals surface area contributed by atoms with Crippen LogP contribution in [-0.4, -0.2) is 12.0 Å². The predicted octanol–water partition coefficient (Wildman–Crippen LogP) is 2.08. The lowest BCUT2D eigenvalue weighted by atomic mass is 10.1. The van der Waals surface area contributed by atoms with Crippen molar-refractivity contribution >= 4 is 26.7 Å². The van der Waals surface area contributed by atoms with Gasteiger partial charge in [-0.05, 0) is 12.1 Å². The molecule has 4 nitrogen and oxygen atoms in total. The van der Waals surface area contributed by atoms with Gasteiger partial charge < -0.3 is 5.32 Å². The van der Waals surface area contributed by atoms with E-state index in [0.29, 0.717) is 11.1 Å². The Kier molecular flexibility index (Phi) is 2.24. The van der Waals surface area contributed by atoms with E-state index in [1.165, 1.54) is 11.3 Å². The van der Waals surface area contributed by atoms with Crippen molar-refractivity contribution in [2.75, 3.05) is 12.4 Å². The molecule has 0 amide bonds. The quantitative estimate of drug-likeness (QED) is 0.788. The highest BCUT2D eigenvalue weighted by Crippen LogP contribution is 2.27. The molecule has 1 N–H and O–H groups in total. The summed E-state index contributed by atoms with van der Waals surface area (Å²) in [6.07, 6.45) is 0. The van der Waals surface area contributed by atoms with Crippen LogP contribution >= 0.6 is 11.3 Å². The van der Waals surface area contributed by atoms with E-state index in [1.807, 2.05) is 12.1 Å². The maximum Gasteiger partial charge on any atom is 0.183 e. The molecule has 0 radical (unpaired) electrons. The maximum absolute atomic E-state index is 8.84. The van der Waals surface area contributed by atoms with E-state index in [1.54, 1.807) is 19.2 Å². The van der Waals surface area contributed by atoms with Gasteiger partial charge in [0.25, 0.3) is 0 Å². The van der Waals surface area contributed by atoms with E-state index in [4.69, 9.17) is 10.5 Å². The third-order valence-corrected chi connectivity index (χ3v) is 3.02. The molecule has 0 aliphatic heterocycles. The molecular formula is C10H6N4S. The first-order valence-electron chi connectivity index (χ1n) is 4.21. The fraction of sp³-hybridized carbons (Fsp3) is 0.100. The second-order valence-corrected chi connectivity index (χ2v) is 3.89. The highest BCUT2D eigenvalue weighted by atomic mass is 32.1. The van der Waals surface area contributed by atoms with Crippen molar-refractivity contribution < 1.29 is 0 Å². The van der Waals surface area contributed by atoms with Gasteiger partial charge in [0.2, 0.25) is 0 Å². The molecule has 2 aromatic rings. The largest absolute Gasteiger partial charge is 0.365 e. The predicted molar refractivity (Wildman–Crippen MR) is 58.6 cm³/mol. The number of nitrogens with one attached hydrogen (secondary N) is 1. The molecule has 0 unspecified atom stereocenters. The van der Waals surface area contributed by atoms with Gasteiger partial charge >= 0.3 is 0 Å². The van der Waals surface area contributed by atoms with Crippen molar-refractivity contribution in [2.24, 2.45) is 0 Å². The molecule has 5 heteroatoms. The number of rotatable bonds is 1. The van der Waals surface area contributed by atoms with Crippen LogP contribution in [0.4, 0.5) is 5.13 Å². The Bertz CT molecular complexity index is 549. The molecule has 15 heavy (non-hydrogen) atoms. The monoisotopic (exact) mass is 214 g/mol. The van der Waals surface area contributed by atoms with Gasteiger partial charge in [0.05, 0.1) is 21.3 Å². The van der Waals surface area contributed by atoms with Crippen LogP contribution in [0, 0.1) is 22.7 Å². The molecule has 0 aliphatic carbocycles. The average molecular weight is 214 g/mol. The molecule has 0 spiro atoms. The fourth-order valence-corrected chi connectivity index (χ4v) is 2.11. The van der Waals surface area contributed by atoms with Crippen LogP contribution in [0.15, 0.2) is 12.1 Å². The fourth-order valence-electron chi connectivity index (χ4n) is 1.27. The first kappa shape index (κ1) is 9.45. The number of aromatic nitrogens is 1. The standard InChI is InChI=1S/C10H6N4S/c1-13-10-14-8-2-6(4-11)7(5-12)3-9(8)15-10/h2-3H,1H3,(H,13,14). The molecule has 0 atom stereocenters. The van der Waals surface area contributed by atoms with E-state index < -0.39 is 0 Å². The molecule has 0 saturated heterocycles. The van der Waals surface area contributed by atoms with Crippen molar-refractivity contribution in [2.45, 2.75) is 0 Å².